The highest BCUT2D eigenvalue weighted by atomic mass is 79.9. The Morgan fingerprint density at radius 2 is 1.41 bits per heavy atom. The van der Waals surface area contributed by atoms with Gasteiger partial charge in [-0.1, -0.05) is 30.3 Å². The maximum absolute atomic E-state index is 2.79. The van der Waals surface area contributed by atoms with Crippen LogP contribution in [-0.2, 0) is 6.54 Å². The lowest BCUT2D eigenvalue weighted by atomic mass is 10.1. The van der Waals surface area contributed by atoms with Crippen LogP contribution in [0.25, 0.3) is 0 Å². The zero-order valence-electron chi connectivity index (χ0n) is 13.1. The summed E-state index contributed by atoms with van der Waals surface area (Å²) in [6.07, 6.45) is 1.41. The summed E-state index contributed by atoms with van der Waals surface area (Å²) in [5.74, 6) is 0. The molecule has 4 fully saturated rings. The Morgan fingerprint density at radius 3 is 2.14 bits per heavy atom. The maximum Gasteiger partial charge on any atom is 0.175 e. The fourth-order valence-corrected chi connectivity index (χ4v) is 5.30. The van der Waals surface area contributed by atoms with Gasteiger partial charge in [0.25, 0.3) is 0 Å². The first-order chi connectivity index (χ1) is 10.4. The minimum atomic E-state index is 0. The van der Waals surface area contributed by atoms with Gasteiger partial charge >= 0.3 is 0 Å². The van der Waals surface area contributed by atoms with E-state index in [1.54, 1.807) is 0 Å². The van der Waals surface area contributed by atoms with Gasteiger partial charge in [0.05, 0.1) is 19.6 Å². The average Bonchev–Trinajstić information content (AvgIpc) is 3.09. The number of hydrogen-bond acceptors (Lipinski definition) is 3. The molecule has 0 aromatic heterocycles. The molecule has 1 aromatic carbocycles. The molecule has 4 heterocycles. The van der Waals surface area contributed by atoms with Crippen molar-refractivity contribution in [2.24, 2.45) is 0 Å². The predicted molar refractivity (Wildman–Crippen MR) is 82.4 cm³/mol. The second-order valence-electron chi connectivity index (χ2n) is 7.24. The van der Waals surface area contributed by atoms with Gasteiger partial charge in [-0.3, -0.25) is 9.80 Å². The Hall–Kier alpha value is -0.460. The summed E-state index contributed by atoms with van der Waals surface area (Å²) in [6.45, 7) is 11.6. The van der Waals surface area contributed by atoms with Gasteiger partial charge in [0.15, 0.2) is 6.17 Å². The predicted octanol–water partition coefficient (Wildman–Crippen LogP) is -2.38. The minimum Gasteiger partial charge on any atom is -1.00 e. The van der Waals surface area contributed by atoms with Crippen molar-refractivity contribution in [3.05, 3.63) is 35.9 Å². The fraction of sp³-hybridized carbons (Fsp3) is 0.647. The molecule has 0 N–H and O–H groups in total. The SMILES string of the molecule is [Br-].c1ccc(C[N+]23CCN4CCN5CCN(CC2)[C@@H]3[C@H]54)cc1. The minimum absolute atomic E-state index is 0. The number of nitrogens with zero attached hydrogens (tertiary/aromatic N) is 4. The Morgan fingerprint density at radius 1 is 0.818 bits per heavy atom. The van der Waals surface area contributed by atoms with Crippen LogP contribution in [0.3, 0.4) is 0 Å². The third-order valence-electron chi connectivity index (χ3n) is 6.30. The number of halogens is 1. The van der Waals surface area contributed by atoms with Crippen molar-refractivity contribution < 1.29 is 21.5 Å². The van der Waals surface area contributed by atoms with Crippen molar-refractivity contribution in [3.63, 3.8) is 0 Å². The zero-order valence-corrected chi connectivity index (χ0v) is 14.7. The van der Waals surface area contributed by atoms with Crippen molar-refractivity contribution in [1.29, 1.82) is 0 Å². The quantitative estimate of drug-likeness (QED) is 0.542. The van der Waals surface area contributed by atoms with Crippen LogP contribution in [0.1, 0.15) is 5.56 Å². The molecule has 3 atom stereocenters. The Bertz CT molecular complexity index is 533. The molecule has 4 aliphatic heterocycles. The molecule has 5 rings (SSSR count). The zero-order chi connectivity index (χ0) is 13.9. The third kappa shape index (κ3) is 2.10. The van der Waals surface area contributed by atoms with Crippen molar-refractivity contribution in [2.45, 2.75) is 18.9 Å². The maximum atomic E-state index is 2.79. The van der Waals surface area contributed by atoms with E-state index in [0.717, 1.165) is 6.17 Å². The Balaban J connectivity index is 0.00000125. The lowest BCUT2D eigenvalue weighted by Gasteiger charge is -2.54. The molecule has 0 aliphatic carbocycles. The van der Waals surface area contributed by atoms with Crippen LogP contribution in [0.5, 0.6) is 0 Å². The molecule has 1 aromatic rings. The van der Waals surface area contributed by atoms with Gasteiger partial charge in [0.2, 0.25) is 0 Å². The molecule has 4 aliphatic rings. The highest BCUT2D eigenvalue weighted by Gasteiger charge is 2.60. The average molecular weight is 365 g/mol. The molecule has 4 nitrogen and oxygen atoms in total. The van der Waals surface area contributed by atoms with Gasteiger partial charge in [0.1, 0.15) is 12.7 Å². The highest BCUT2D eigenvalue weighted by molar-refractivity contribution is 5.14. The molecule has 0 spiro atoms. The summed E-state index contributed by atoms with van der Waals surface area (Å²) in [4.78, 5) is 8.30. The molecule has 0 saturated carbocycles. The first-order valence-electron chi connectivity index (χ1n) is 8.48. The molecule has 0 radical (unpaired) electrons. The highest BCUT2D eigenvalue weighted by Crippen LogP contribution is 2.40. The summed E-state index contributed by atoms with van der Waals surface area (Å²) in [7, 11) is 0. The van der Waals surface area contributed by atoms with Gasteiger partial charge in [-0.15, -0.1) is 0 Å². The smallest absolute Gasteiger partial charge is 0.175 e. The third-order valence-corrected chi connectivity index (χ3v) is 6.30. The summed E-state index contributed by atoms with van der Waals surface area (Å²) >= 11 is 0. The monoisotopic (exact) mass is 364 g/mol. The van der Waals surface area contributed by atoms with E-state index in [4.69, 9.17) is 0 Å². The molecule has 22 heavy (non-hydrogen) atoms. The second kappa shape index (κ2) is 5.56. The van der Waals surface area contributed by atoms with Crippen LogP contribution in [0.2, 0.25) is 0 Å². The molecule has 0 bridgehead atoms. The van der Waals surface area contributed by atoms with E-state index in [1.807, 2.05) is 0 Å². The Kier molecular flexibility index (Phi) is 3.82. The molecule has 4 saturated heterocycles. The number of hydrogen-bond donors (Lipinski definition) is 0. The molecular formula is C17H25BrN4. The molecule has 120 valence electrons. The van der Waals surface area contributed by atoms with Crippen LogP contribution in [-0.4, -0.2) is 83.9 Å². The molecule has 0 amide bonds. The van der Waals surface area contributed by atoms with E-state index >= 15 is 0 Å². The summed E-state index contributed by atoms with van der Waals surface area (Å²) < 4.78 is 1.31. The molecular weight excluding hydrogens is 340 g/mol. The van der Waals surface area contributed by atoms with E-state index in [-0.39, 0.29) is 17.0 Å². The van der Waals surface area contributed by atoms with Crippen molar-refractivity contribution >= 4 is 0 Å². The summed E-state index contributed by atoms with van der Waals surface area (Å²) in [5.41, 5.74) is 1.52. The topological polar surface area (TPSA) is 9.72 Å². The van der Waals surface area contributed by atoms with Gasteiger partial charge in [-0.2, -0.15) is 0 Å². The van der Waals surface area contributed by atoms with Crippen LogP contribution in [0.4, 0.5) is 0 Å². The van der Waals surface area contributed by atoms with Gasteiger partial charge in [-0.05, 0) is 0 Å². The van der Waals surface area contributed by atoms with E-state index in [9.17, 15) is 0 Å². The van der Waals surface area contributed by atoms with Crippen LogP contribution in [0, 0.1) is 0 Å². The summed E-state index contributed by atoms with van der Waals surface area (Å²) in [6, 6.07) is 11.2. The van der Waals surface area contributed by atoms with Gasteiger partial charge in [-0.25, -0.2) is 4.90 Å². The normalized spacial score (nSPS) is 37.8. The van der Waals surface area contributed by atoms with Gasteiger partial charge < -0.3 is 21.5 Å². The summed E-state index contributed by atoms with van der Waals surface area (Å²) in [5, 5.41) is 0. The molecule has 5 heteroatoms. The molecule has 1 unspecified atom stereocenters. The Labute approximate surface area is 143 Å². The largest absolute Gasteiger partial charge is 1.00 e. The van der Waals surface area contributed by atoms with Crippen LogP contribution < -0.4 is 17.0 Å². The number of piperazine rings is 2. The number of benzene rings is 1. The van der Waals surface area contributed by atoms with E-state index < -0.39 is 0 Å². The van der Waals surface area contributed by atoms with Crippen LogP contribution >= 0.6 is 0 Å². The van der Waals surface area contributed by atoms with Crippen LogP contribution in [0.15, 0.2) is 30.3 Å². The number of quaternary nitrogens is 1. The van der Waals surface area contributed by atoms with Crippen molar-refractivity contribution in [2.75, 3.05) is 52.4 Å². The van der Waals surface area contributed by atoms with E-state index in [0.29, 0.717) is 6.17 Å². The lowest BCUT2D eigenvalue weighted by Crippen LogP contribution is -3.00. The fourth-order valence-electron chi connectivity index (χ4n) is 5.30. The first-order valence-corrected chi connectivity index (χ1v) is 8.48. The van der Waals surface area contributed by atoms with Crippen molar-refractivity contribution in [3.8, 4) is 0 Å². The second-order valence-corrected chi connectivity index (χ2v) is 7.24. The lowest BCUT2D eigenvalue weighted by molar-refractivity contribution is -0.966. The standard InChI is InChI=1S/C17H25N4.BrH/c1-2-4-15(5-3-1)14-21-12-10-19-7-6-18-8-9-20(11-13-21)17(21)16(18)19;/h1-5,16-17H,6-14H2;1H/q+1;/p-1/t16-,17+,21?;/m1./s1. The first kappa shape index (κ1) is 15.1. The van der Waals surface area contributed by atoms with Crippen molar-refractivity contribution in [1.82, 2.24) is 14.7 Å². The number of rotatable bonds is 2. The van der Waals surface area contributed by atoms with E-state index in [2.05, 4.69) is 45.0 Å². The van der Waals surface area contributed by atoms with E-state index in [1.165, 1.54) is 68.9 Å². The van der Waals surface area contributed by atoms with Gasteiger partial charge in [0, 0.05) is 38.3 Å².